The molecule has 212 valence electrons. The molecule has 0 spiro atoms. The third kappa shape index (κ3) is 8.23. The smallest absolute Gasteiger partial charge is 0.306 e. The van der Waals surface area contributed by atoms with Crippen molar-refractivity contribution < 1.29 is 33.3 Å². The molecule has 1 saturated carbocycles. The Morgan fingerprint density at radius 1 is 1.03 bits per heavy atom. The Hall–Kier alpha value is -2.53. The third-order valence-corrected chi connectivity index (χ3v) is 7.42. The zero-order chi connectivity index (χ0) is 27.7. The highest BCUT2D eigenvalue weighted by Gasteiger charge is 2.51. The maximum Gasteiger partial charge on any atom is 0.306 e. The molecule has 0 aromatic carbocycles. The number of hydrogen-bond acceptors (Lipinski definition) is 9. The Bertz CT molecular complexity index is 1080. The zero-order valence-corrected chi connectivity index (χ0v) is 23.4. The van der Waals surface area contributed by atoms with Crippen LogP contribution in [0.15, 0.2) is 11.0 Å². The van der Waals surface area contributed by atoms with Crippen LogP contribution in [0.5, 0.6) is 0 Å². The molecule has 1 aromatic rings. The number of carbonyl (C=O) groups is 3. The van der Waals surface area contributed by atoms with E-state index in [9.17, 15) is 19.2 Å². The van der Waals surface area contributed by atoms with Crippen molar-refractivity contribution in [2.45, 2.75) is 122 Å². The van der Waals surface area contributed by atoms with E-state index in [4.69, 9.17) is 31.2 Å². The van der Waals surface area contributed by atoms with Gasteiger partial charge >= 0.3 is 17.9 Å². The Morgan fingerprint density at radius 3 is 2.39 bits per heavy atom. The van der Waals surface area contributed by atoms with Gasteiger partial charge in [0.15, 0.2) is 23.2 Å². The van der Waals surface area contributed by atoms with Crippen LogP contribution in [0.4, 0.5) is 0 Å². The second kappa shape index (κ2) is 14.6. The minimum absolute atomic E-state index is 0.0844. The minimum Gasteiger partial charge on any atom is -0.463 e. The number of aromatic nitrogens is 2. The number of H-pyrrole nitrogens is 1. The first-order valence-electron chi connectivity index (χ1n) is 13.7. The molecule has 1 aliphatic carbocycles. The minimum atomic E-state index is -1.06. The molecule has 0 radical (unpaired) electrons. The van der Waals surface area contributed by atoms with Crippen molar-refractivity contribution in [2.24, 2.45) is 0 Å². The van der Waals surface area contributed by atoms with Gasteiger partial charge in [-0.25, -0.2) is 0 Å². The first-order valence-corrected chi connectivity index (χ1v) is 14.1. The predicted octanol–water partition coefficient (Wildman–Crippen LogP) is 4.62. The van der Waals surface area contributed by atoms with Crippen molar-refractivity contribution >= 4 is 30.1 Å². The van der Waals surface area contributed by atoms with Gasteiger partial charge in [0.05, 0.1) is 0 Å². The molecular formula is C27H40N2O8S. The summed E-state index contributed by atoms with van der Waals surface area (Å²) in [6.07, 6.45) is 7.73. The summed E-state index contributed by atoms with van der Waals surface area (Å²) >= 11 is 5.46. The zero-order valence-electron chi connectivity index (χ0n) is 22.6. The van der Waals surface area contributed by atoms with Gasteiger partial charge in [-0.05, 0) is 37.4 Å². The van der Waals surface area contributed by atoms with E-state index in [0.29, 0.717) is 12.0 Å². The summed E-state index contributed by atoms with van der Waals surface area (Å²) in [5.74, 6) is -1.49. The van der Waals surface area contributed by atoms with E-state index >= 15 is 0 Å². The first-order chi connectivity index (χ1) is 18.2. The Morgan fingerprint density at radius 2 is 1.74 bits per heavy atom. The Kier molecular flexibility index (Phi) is 11.5. The van der Waals surface area contributed by atoms with E-state index in [1.165, 1.54) is 13.8 Å². The lowest BCUT2D eigenvalue weighted by Gasteiger charge is -2.26. The summed E-state index contributed by atoms with van der Waals surface area (Å²) < 4.78 is 24.4. The molecule has 2 aliphatic rings. The molecule has 0 bridgehead atoms. The maximum atomic E-state index is 12.8. The Labute approximate surface area is 228 Å². The predicted molar refractivity (Wildman–Crippen MR) is 141 cm³/mol. The number of rotatable bonds is 12. The molecule has 0 unspecified atom stereocenters. The number of aromatic amines is 1. The van der Waals surface area contributed by atoms with Crippen molar-refractivity contribution in [3.8, 4) is 0 Å². The Balaban J connectivity index is 1.89. The average molecular weight is 553 g/mol. The number of carbonyl (C=O) groups excluding carboxylic acids is 3. The summed E-state index contributed by atoms with van der Waals surface area (Å²) in [5, 5.41) is 0. The molecule has 1 aromatic heterocycles. The van der Waals surface area contributed by atoms with Crippen LogP contribution in [0.25, 0.3) is 0 Å². The van der Waals surface area contributed by atoms with Gasteiger partial charge in [-0.15, -0.1) is 0 Å². The van der Waals surface area contributed by atoms with Crippen LogP contribution in [0.1, 0.15) is 109 Å². The summed E-state index contributed by atoms with van der Waals surface area (Å²) in [7, 11) is 0. The average Bonchev–Trinajstić information content (AvgIpc) is 3.19. The summed E-state index contributed by atoms with van der Waals surface area (Å²) in [6.45, 7) is 4.44. The number of ether oxygens (including phenoxy) is 4. The lowest BCUT2D eigenvalue weighted by atomic mass is 9.85. The van der Waals surface area contributed by atoms with E-state index in [1.54, 1.807) is 10.8 Å². The first kappa shape index (κ1) is 30.0. The van der Waals surface area contributed by atoms with Gasteiger partial charge in [0.1, 0.15) is 12.7 Å². The molecule has 11 heteroatoms. The standard InChI is InChI=1S/C27H40N2O8S/c1-4-5-6-7-11-14-22(32)37-23-21(16-34-17(2)30)36-26(24(23)35-18(3)31)29-15-20(25(33)28-27(29)38)19-12-9-8-10-13-19/h15,19,21,23-24,26H,4-14,16H2,1-3H3,(H,28,33,38)/t21-,23-,24+,26-/m1/s1. The van der Waals surface area contributed by atoms with E-state index in [1.807, 2.05) is 0 Å². The highest BCUT2D eigenvalue weighted by atomic mass is 32.1. The van der Waals surface area contributed by atoms with Crippen molar-refractivity contribution in [3.05, 3.63) is 26.9 Å². The summed E-state index contributed by atoms with van der Waals surface area (Å²) in [5.41, 5.74) is 0.343. The molecule has 3 rings (SSSR count). The fourth-order valence-corrected chi connectivity index (χ4v) is 5.45. The van der Waals surface area contributed by atoms with Crippen LogP contribution in [0.2, 0.25) is 0 Å². The van der Waals surface area contributed by atoms with Gasteiger partial charge in [-0.3, -0.25) is 28.7 Å². The largest absolute Gasteiger partial charge is 0.463 e. The molecular weight excluding hydrogens is 512 g/mol. The molecule has 2 fully saturated rings. The van der Waals surface area contributed by atoms with E-state index in [-0.39, 0.29) is 29.3 Å². The van der Waals surface area contributed by atoms with Gasteiger partial charge < -0.3 is 18.9 Å². The quantitative estimate of drug-likeness (QED) is 0.171. The molecule has 0 amide bonds. The lowest BCUT2D eigenvalue weighted by molar-refractivity contribution is -0.168. The normalized spacial score (nSPS) is 23.7. The molecule has 1 saturated heterocycles. The third-order valence-electron chi connectivity index (χ3n) is 7.10. The van der Waals surface area contributed by atoms with E-state index in [2.05, 4.69) is 11.9 Å². The molecule has 4 atom stereocenters. The van der Waals surface area contributed by atoms with Crippen LogP contribution in [0, 0.1) is 4.77 Å². The van der Waals surface area contributed by atoms with Crippen molar-refractivity contribution in [1.29, 1.82) is 0 Å². The molecule has 1 N–H and O–H groups in total. The number of esters is 3. The molecule has 1 aliphatic heterocycles. The maximum absolute atomic E-state index is 12.8. The molecule has 2 heterocycles. The summed E-state index contributed by atoms with van der Waals surface area (Å²) in [6, 6.07) is 0. The number of hydrogen-bond donors (Lipinski definition) is 1. The number of nitrogens with zero attached hydrogens (tertiary/aromatic N) is 1. The van der Waals surface area contributed by atoms with E-state index < -0.39 is 42.4 Å². The molecule has 10 nitrogen and oxygen atoms in total. The van der Waals surface area contributed by atoms with Crippen molar-refractivity contribution in [1.82, 2.24) is 9.55 Å². The number of unbranched alkanes of at least 4 members (excludes halogenated alkanes) is 4. The monoisotopic (exact) mass is 552 g/mol. The summed E-state index contributed by atoms with van der Waals surface area (Å²) in [4.78, 5) is 51.9. The van der Waals surface area contributed by atoms with Crippen LogP contribution in [-0.4, -0.2) is 52.4 Å². The van der Waals surface area contributed by atoms with Gasteiger partial charge in [0.2, 0.25) is 0 Å². The fraction of sp³-hybridized carbons (Fsp3) is 0.741. The number of nitrogens with one attached hydrogen (secondary N) is 1. The fourth-order valence-electron chi connectivity index (χ4n) is 5.20. The van der Waals surface area contributed by atoms with Crippen LogP contribution in [0.3, 0.4) is 0 Å². The lowest BCUT2D eigenvalue weighted by Crippen LogP contribution is -2.41. The van der Waals surface area contributed by atoms with Crippen LogP contribution in [-0.2, 0) is 33.3 Å². The van der Waals surface area contributed by atoms with Gasteiger partial charge in [0.25, 0.3) is 5.56 Å². The van der Waals surface area contributed by atoms with Crippen LogP contribution < -0.4 is 5.56 Å². The molecule has 38 heavy (non-hydrogen) atoms. The van der Waals surface area contributed by atoms with Crippen molar-refractivity contribution in [3.63, 3.8) is 0 Å². The van der Waals surface area contributed by atoms with E-state index in [0.717, 1.165) is 57.8 Å². The van der Waals surface area contributed by atoms with Crippen molar-refractivity contribution in [2.75, 3.05) is 6.61 Å². The van der Waals surface area contributed by atoms with Gasteiger partial charge in [-0.2, -0.15) is 0 Å². The van der Waals surface area contributed by atoms with Crippen LogP contribution >= 0.6 is 12.2 Å². The van der Waals surface area contributed by atoms with Gasteiger partial charge in [-0.1, -0.05) is 51.9 Å². The highest BCUT2D eigenvalue weighted by molar-refractivity contribution is 7.71. The highest BCUT2D eigenvalue weighted by Crippen LogP contribution is 2.36. The second-order valence-electron chi connectivity index (χ2n) is 10.1. The van der Waals surface area contributed by atoms with Gasteiger partial charge in [0, 0.05) is 32.0 Å². The second-order valence-corrected chi connectivity index (χ2v) is 10.5. The topological polar surface area (TPSA) is 126 Å². The SMILES string of the molecule is CCCCCCCC(=O)O[C@H]1[C@H](OC(C)=O)[C@H](n2cc(C3CCCCC3)c(=O)[nH]c2=S)O[C@@H]1COC(C)=O.